The van der Waals surface area contributed by atoms with Crippen molar-refractivity contribution in [1.82, 2.24) is 18.4 Å². The molecule has 9 nitrogen and oxygen atoms in total. The maximum atomic E-state index is 13.0. The van der Waals surface area contributed by atoms with Crippen LogP contribution in [0.3, 0.4) is 0 Å². The minimum absolute atomic E-state index is 0.0968. The third-order valence-electron chi connectivity index (χ3n) is 5.57. The molecule has 0 spiro atoms. The number of hydrogen-bond acceptors (Lipinski definition) is 5. The quantitative estimate of drug-likeness (QED) is 0.676. The molecule has 1 unspecified atom stereocenters. The number of carbonyl (C=O) groups is 2. The van der Waals surface area contributed by atoms with Gasteiger partial charge in [0, 0.05) is 52.4 Å². The van der Waals surface area contributed by atoms with Crippen LogP contribution in [-0.4, -0.2) is 97.8 Å². The lowest BCUT2D eigenvalue weighted by Crippen LogP contribution is -2.56. The van der Waals surface area contributed by atoms with Gasteiger partial charge in [0.05, 0.1) is 12.5 Å². The van der Waals surface area contributed by atoms with Crippen LogP contribution < -0.4 is 0 Å². The van der Waals surface area contributed by atoms with Crippen LogP contribution in [-0.2, 0) is 19.7 Å². The van der Waals surface area contributed by atoms with Crippen molar-refractivity contribution in [3.05, 3.63) is 0 Å². The largest absolute Gasteiger partial charge is 0.450 e. The van der Waals surface area contributed by atoms with E-state index < -0.39 is 16.3 Å². The third-order valence-corrected chi connectivity index (χ3v) is 7.57. The monoisotopic (exact) mass is 402 g/mol. The molecule has 3 aliphatic heterocycles. The smallest absolute Gasteiger partial charge is 0.409 e. The minimum Gasteiger partial charge on any atom is -0.450 e. The Bertz CT molecular complexity index is 642. The molecule has 2 amide bonds. The van der Waals surface area contributed by atoms with Crippen molar-refractivity contribution >= 4 is 22.2 Å². The van der Waals surface area contributed by atoms with E-state index in [0.29, 0.717) is 32.7 Å². The van der Waals surface area contributed by atoms with Crippen LogP contribution >= 0.6 is 0 Å². The highest BCUT2D eigenvalue weighted by molar-refractivity contribution is 7.86. The Kier molecular flexibility index (Phi) is 6.59. The Labute approximate surface area is 161 Å². The van der Waals surface area contributed by atoms with Crippen LogP contribution in [0.1, 0.15) is 32.6 Å². The molecule has 0 radical (unpaired) electrons. The molecule has 0 aromatic heterocycles. The molecule has 10 heteroatoms. The standard InChI is InChI=1S/C17H30N4O5S/c1-2-26-17(23)19-10-12-20(13-11-19)27(24,25)21-9-5-6-15(14-21)16(22)18-7-3-4-8-18/h15H,2-14H2,1H3. The van der Waals surface area contributed by atoms with Gasteiger partial charge in [-0.2, -0.15) is 17.0 Å². The maximum absolute atomic E-state index is 13.0. The second-order valence-electron chi connectivity index (χ2n) is 7.32. The van der Waals surface area contributed by atoms with Crippen molar-refractivity contribution < 1.29 is 22.7 Å². The second-order valence-corrected chi connectivity index (χ2v) is 9.25. The van der Waals surface area contributed by atoms with E-state index in [1.807, 2.05) is 4.90 Å². The SMILES string of the molecule is CCOC(=O)N1CCN(S(=O)(=O)N2CCCC(C(=O)N3CCCC3)C2)CC1. The lowest BCUT2D eigenvalue weighted by molar-refractivity contribution is -0.135. The van der Waals surface area contributed by atoms with Crippen LogP contribution in [0.15, 0.2) is 0 Å². The summed E-state index contributed by atoms with van der Waals surface area (Å²) in [7, 11) is -3.62. The van der Waals surface area contributed by atoms with Crippen LogP contribution in [0.2, 0.25) is 0 Å². The maximum Gasteiger partial charge on any atom is 0.409 e. The van der Waals surface area contributed by atoms with Gasteiger partial charge in [-0.15, -0.1) is 0 Å². The van der Waals surface area contributed by atoms with E-state index in [1.54, 1.807) is 6.92 Å². The van der Waals surface area contributed by atoms with Crippen molar-refractivity contribution in [3.63, 3.8) is 0 Å². The van der Waals surface area contributed by atoms with Gasteiger partial charge in [0.15, 0.2) is 0 Å². The fourth-order valence-electron chi connectivity index (χ4n) is 4.03. The van der Waals surface area contributed by atoms with Gasteiger partial charge in [-0.25, -0.2) is 4.79 Å². The molecule has 3 heterocycles. The van der Waals surface area contributed by atoms with Gasteiger partial charge < -0.3 is 14.5 Å². The molecule has 3 fully saturated rings. The lowest BCUT2D eigenvalue weighted by atomic mass is 9.98. The summed E-state index contributed by atoms with van der Waals surface area (Å²) in [5, 5.41) is 0. The number of rotatable bonds is 4. The Morgan fingerprint density at radius 1 is 0.889 bits per heavy atom. The van der Waals surface area contributed by atoms with Gasteiger partial charge in [-0.3, -0.25) is 4.79 Å². The Morgan fingerprint density at radius 2 is 1.56 bits per heavy atom. The topological polar surface area (TPSA) is 90.5 Å². The fourth-order valence-corrected chi connectivity index (χ4v) is 5.71. The number of amides is 2. The van der Waals surface area contributed by atoms with Gasteiger partial charge in [-0.05, 0) is 32.6 Å². The summed E-state index contributed by atoms with van der Waals surface area (Å²) >= 11 is 0. The molecule has 0 aromatic carbocycles. The van der Waals surface area contributed by atoms with Crippen molar-refractivity contribution in [2.24, 2.45) is 5.92 Å². The Morgan fingerprint density at radius 3 is 2.19 bits per heavy atom. The Hall–Kier alpha value is -1.39. The van der Waals surface area contributed by atoms with E-state index in [9.17, 15) is 18.0 Å². The van der Waals surface area contributed by atoms with Gasteiger partial charge in [0.1, 0.15) is 0 Å². The highest BCUT2D eigenvalue weighted by Crippen LogP contribution is 2.25. The number of carbonyl (C=O) groups excluding carboxylic acids is 2. The minimum atomic E-state index is -3.62. The van der Waals surface area contributed by atoms with Gasteiger partial charge in [0.2, 0.25) is 5.91 Å². The summed E-state index contributed by atoms with van der Waals surface area (Å²) in [4.78, 5) is 27.9. The fraction of sp³-hybridized carbons (Fsp3) is 0.882. The molecule has 0 saturated carbocycles. The zero-order valence-corrected chi connectivity index (χ0v) is 16.8. The summed E-state index contributed by atoms with van der Waals surface area (Å²) in [5.41, 5.74) is 0. The predicted octanol–water partition coefficient (Wildman–Crippen LogP) is 0.340. The van der Waals surface area contributed by atoms with Crippen LogP contribution in [0.4, 0.5) is 4.79 Å². The molecule has 1 atom stereocenters. The molecule has 0 aromatic rings. The molecule has 3 rings (SSSR count). The number of piperidine rings is 1. The van der Waals surface area contributed by atoms with Crippen molar-refractivity contribution in [2.75, 3.05) is 59.0 Å². The average molecular weight is 403 g/mol. The normalized spacial score (nSPS) is 25.6. The summed E-state index contributed by atoms with van der Waals surface area (Å²) in [6, 6.07) is 0. The first kappa shape index (κ1) is 20.3. The number of nitrogens with zero attached hydrogens (tertiary/aromatic N) is 4. The number of likely N-dealkylation sites (tertiary alicyclic amines) is 1. The van der Waals surface area contributed by atoms with Crippen molar-refractivity contribution in [1.29, 1.82) is 0 Å². The molecular formula is C17H30N4O5S. The molecule has 154 valence electrons. The summed E-state index contributed by atoms with van der Waals surface area (Å²) in [5.74, 6) is -0.146. The molecule has 3 aliphatic rings. The molecule has 0 bridgehead atoms. The summed E-state index contributed by atoms with van der Waals surface area (Å²) in [6.45, 7) is 5.48. The Balaban J connectivity index is 1.58. The summed E-state index contributed by atoms with van der Waals surface area (Å²) < 4.78 is 33.9. The lowest BCUT2D eigenvalue weighted by Gasteiger charge is -2.39. The van der Waals surface area contributed by atoms with E-state index in [4.69, 9.17) is 4.74 Å². The number of ether oxygens (including phenoxy) is 1. The first-order chi connectivity index (χ1) is 12.9. The van der Waals surface area contributed by atoms with Crippen LogP contribution in [0.25, 0.3) is 0 Å². The third kappa shape index (κ3) is 4.55. The molecule has 0 N–H and O–H groups in total. The number of piperazine rings is 1. The van der Waals surface area contributed by atoms with Crippen LogP contribution in [0, 0.1) is 5.92 Å². The van der Waals surface area contributed by atoms with Crippen molar-refractivity contribution in [2.45, 2.75) is 32.6 Å². The van der Waals surface area contributed by atoms with Gasteiger partial charge in [0.25, 0.3) is 10.2 Å². The molecule has 3 saturated heterocycles. The molecule has 0 aliphatic carbocycles. The van der Waals surface area contributed by atoms with Crippen molar-refractivity contribution in [3.8, 4) is 0 Å². The molecular weight excluding hydrogens is 372 g/mol. The van der Waals surface area contributed by atoms with E-state index in [-0.39, 0.29) is 31.5 Å². The highest BCUT2D eigenvalue weighted by Gasteiger charge is 2.39. The van der Waals surface area contributed by atoms with E-state index in [2.05, 4.69) is 0 Å². The zero-order chi connectivity index (χ0) is 19.4. The highest BCUT2D eigenvalue weighted by atomic mass is 32.2. The van der Waals surface area contributed by atoms with Gasteiger partial charge in [-0.1, -0.05) is 0 Å². The van der Waals surface area contributed by atoms with E-state index >= 15 is 0 Å². The summed E-state index contributed by atoms with van der Waals surface area (Å²) in [6.07, 6.45) is 3.12. The predicted molar refractivity (Wildman–Crippen MR) is 99.2 cm³/mol. The van der Waals surface area contributed by atoms with Crippen LogP contribution in [0.5, 0.6) is 0 Å². The second kappa shape index (κ2) is 8.74. The first-order valence-electron chi connectivity index (χ1n) is 9.89. The average Bonchev–Trinajstić information content (AvgIpc) is 3.22. The molecule has 27 heavy (non-hydrogen) atoms. The zero-order valence-electron chi connectivity index (χ0n) is 16.0. The first-order valence-corrected chi connectivity index (χ1v) is 11.3. The number of hydrogen-bond donors (Lipinski definition) is 0. The van der Waals surface area contributed by atoms with Gasteiger partial charge >= 0.3 is 6.09 Å². The van der Waals surface area contributed by atoms with E-state index in [1.165, 1.54) is 13.5 Å². The van der Waals surface area contributed by atoms with E-state index in [0.717, 1.165) is 32.4 Å².